The maximum atomic E-state index is 12.9. The third kappa shape index (κ3) is 5.24. The van der Waals surface area contributed by atoms with Gasteiger partial charge < -0.3 is 14.8 Å². The molecule has 3 aromatic carbocycles. The van der Waals surface area contributed by atoms with Crippen LogP contribution in [0, 0.1) is 0 Å². The maximum Gasteiger partial charge on any atom is 0.227 e. The first kappa shape index (κ1) is 21.3. The zero-order valence-corrected chi connectivity index (χ0v) is 18.3. The molecule has 1 atom stereocenters. The van der Waals surface area contributed by atoms with Gasteiger partial charge in [-0.05, 0) is 46.5 Å². The third-order valence-corrected chi connectivity index (χ3v) is 6.03. The number of carbonyl (C=O) groups excluding carboxylic acids is 1. The Labute approximate surface area is 184 Å². The number of nitrogens with zero attached hydrogens (tertiary/aromatic N) is 1. The van der Waals surface area contributed by atoms with Crippen molar-refractivity contribution in [2.45, 2.75) is 25.9 Å². The number of morpholine rings is 1. The van der Waals surface area contributed by atoms with Crippen molar-refractivity contribution in [1.82, 2.24) is 10.2 Å². The average molecular weight is 419 g/mol. The van der Waals surface area contributed by atoms with Gasteiger partial charge in [0.1, 0.15) is 5.75 Å². The van der Waals surface area contributed by atoms with Gasteiger partial charge in [0.05, 0.1) is 26.2 Å². The van der Waals surface area contributed by atoms with Gasteiger partial charge in [-0.15, -0.1) is 0 Å². The summed E-state index contributed by atoms with van der Waals surface area (Å²) in [6.45, 7) is 6.86. The summed E-state index contributed by atoms with van der Waals surface area (Å²) < 4.78 is 10.7. The van der Waals surface area contributed by atoms with Gasteiger partial charge in [0.15, 0.2) is 0 Å². The van der Waals surface area contributed by atoms with E-state index in [1.807, 2.05) is 37.3 Å². The zero-order valence-electron chi connectivity index (χ0n) is 18.3. The van der Waals surface area contributed by atoms with E-state index in [2.05, 4.69) is 40.5 Å². The van der Waals surface area contributed by atoms with E-state index in [4.69, 9.17) is 9.47 Å². The van der Waals surface area contributed by atoms with Crippen molar-refractivity contribution >= 4 is 16.7 Å². The van der Waals surface area contributed by atoms with Crippen molar-refractivity contribution in [1.29, 1.82) is 0 Å². The molecule has 5 heteroatoms. The van der Waals surface area contributed by atoms with E-state index < -0.39 is 0 Å². The van der Waals surface area contributed by atoms with E-state index in [1.165, 1.54) is 11.1 Å². The summed E-state index contributed by atoms with van der Waals surface area (Å²) in [7, 11) is 1.67. The number of rotatable bonds is 7. The Kier molecular flexibility index (Phi) is 6.85. The molecule has 0 bridgehead atoms. The first-order chi connectivity index (χ1) is 15.1. The molecule has 0 aliphatic carbocycles. The second-order valence-electron chi connectivity index (χ2n) is 8.07. The fraction of sp³-hybridized carbons (Fsp3) is 0.346. The van der Waals surface area contributed by atoms with Crippen LogP contribution in [0.25, 0.3) is 10.8 Å². The molecule has 162 valence electrons. The number of hydrogen-bond donors (Lipinski definition) is 1. The molecule has 31 heavy (non-hydrogen) atoms. The Morgan fingerprint density at radius 2 is 1.74 bits per heavy atom. The third-order valence-electron chi connectivity index (χ3n) is 6.03. The SMILES string of the molecule is COc1ccc2cc([C@@H](C)C(=O)NCc3ccccc3CN3CCOCC3)ccc2c1. The number of benzene rings is 3. The highest BCUT2D eigenvalue weighted by molar-refractivity contribution is 5.88. The van der Waals surface area contributed by atoms with E-state index in [0.29, 0.717) is 6.54 Å². The second-order valence-corrected chi connectivity index (χ2v) is 8.07. The minimum absolute atomic E-state index is 0.0361. The quantitative estimate of drug-likeness (QED) is 0.628. The normalized spacial score (nSPS) is 15.5. The molecule has 1 heterocycles. The Morgan fingerprint density at radius 1 is 1.03 bits per heavy atom. The van der Waals surface area contributed by atoms with E-state index in [1.54, 1.807) is 7.11 Å². The second kappa shape index (κ2) is 9.94. The Morgan fingerprint density at radius 3 is 2.52 bits per heavy atom. The lowest BCUT2D eigenvalue weighted by Crippen LogP contribution is -2.36. The molecule has 1 aliphatic heterocycles. The summed E-state index contributed by atoms with van der Waals surface area (Å²) in [5.41, 5.74) is 3.44. The van der Waals surface area contributed by atoms with Crippen molar-refractivity contribution in [3.63, 3.8) is 0 Å². The summed E-state index contributed by atoms with van der Waals surface area (Å²) in [6, 6.07) is 20.5. The molecule has 5 nitrogen and oxygen atoms in total. The van der Waals surface area contributed by atoms with Crippen LogP contribution < -0.4 is 10.1 Å². The highest BCUT2D eigenvalue weighted by Crippen LogP contribution is 2.25. The minimum Gasteiger partial charge on any atom is -0.497 e. The van der Waals surface area contributed by atoms with Crippen LogP contribution in [0.4, 0.5) is 0 Å². The number of ether oxygens (including phenoxy) is 2. The number of methoxy groups -OCH3 is 1. The smallest absolute Gasteiger partial charge is 0.227 e. The van der Waals surface area contributed by atoms with E-state index in [-0.39, 0.29) is 11.8 Å². The number of nitrogens with one attached hydrogen (secondary N) is 1. The van der Waals surface area contributed by atoms with Crippen molar-refractivity contribution in [3.05, 3.63) is 77.4 Å². The lowest BCUT2D eigenvalue weighted by Gasteiger charge is -2.27. The number of fused-ring (bicyclic) bond motifs is 1. The van der Waals surface area contributed by atoms with Crippen LogP contribution in [0.5, 0.6) is 5.75 Å². The molecular weight excluding hydrogens is 388 g/mol. The fourth-order valence-electron chi connectivity index (χ4n) is 4.01. The number of hydrogen-bond acceptors (Lipinski definition) is 4. The van der Waals surface area contributed by atoms with Gasteiger partial charge in [0, 0.05) is 26.2 Å². The summed E-state index contributed by atoms with van der Waals surface area (Å²) in [4.78, 5) is 15.3. The number of carbonyl (C=O) groups is 1. The van der Waals surface area contributed by atoms with Gasteiger partial charge in [0.25, 0.3) is 0 Å². The van der Waals surface area contributed by atoms with Gasteiger partial charge in [-0.3, -0.25) is 9.69 Å². The Hall–Kier alpha value is -2.89. The Balaban J connectivity index is 1.41. The fourth-order valence-corrected chi connectivity index (χ4v) is 4.01. The predicted molar refractivity (Wildman–Crippen MR) is 123 cm³/mol. The summed E-state index contributed by atoms with van der Waals surface area (Å²) in [5.74, 6) is 0.647. The monoisotopic (exact) mass is 418 g/mol. The van der Waals surface area contributed by atoms with Crippen molar-refractivity contribution in [2.75, 3.05) is 33.4 Å². The van der Waals surface area contributed by atoms with Gasteiger partial charge in [-0.2, -0.15) is 0 Å². The van der Waals surface area contributed by atoms with Crippen LogP contribution >= 0.6 is 0 Å². The van der Waals surface area contributed by atoms with Crippen LogP contribution in [0.15, 0.2) is 60.7 Å². The van der Waals surface area contributed by atoms with Crippen LogP contribution in [0.2, 0.25) is 0 Å². The van der Waals surface area contributed by atoms with Crippen LogP contribution in [-0.4, -0.2) is 44.2 Å². The van der Waals surface area contributed by atoms with Crippen molar-refractivity contribution in [2.24, 2.45) is 0 Å². The van der Waals surface area contributed by atoms with Crippen LogP contribution in [0.1, 0.15) is 29.5 Å². The molecule has 1 fully saturated rings. The lowest BCUT2D eigenvalue weighted by molar-refractivity contribution is -0.122. The minimum atomic E-state index is -0.224. The van der Waals surface area contributed by atoms with Gasteiger partial charge in [-0.1, -0.05) is 48.5 Å². The largest absolute Gasteiger partial charge is 0.497 e. The molecule has 0 aromatic heterocycles. The highest BCUT2D eigenvalue weighted by atomic mass is 16.5. The summed E-state index contributed by atoms with van der Waals surface area (Å²) >= 11 is 0. The van der Waals surface area contributed by atoms with Gasteiger partial charge >= 0.3 is 0 Å². The first-order valence-electron chi connectivity index (χ1n) is 10.9. The maximum absolute atomic E-state index is 12.9. The lowest BCUT2D eigenvalue weighted by atomic mass is 9.96. The molecule has 4 rings (SSSR count). The Bertz CT molecular complexity index is 1040. The molecule has 0 unspecified atom stereocenters. The van der Waals surface area contributed by atoms with Crippen LogP contribution in [-0.2, 0) is 22.6 Å². The topological polar surface area (TPSA) is 50.8 Å². The molecular formula is C26H30N2O3. The van der Waals surface area contributed by atoms with E-state index in [0.717, 1.165) is 54.9 Å². The van der Waals surface area contributed by atoms with Crippen molar-refractivity contribution < 1.29 is 14.3 Å². The highest BCUT2D eigenvalue weighted by Gasteiger charge is 2.17. The van der Waals surface area contributed by atoms with E-state index >= 15 is 0 Å². The molecule has 0 radical (unpaired) electrons. The molecule has 3 aromatic rings. The molecule has 1 saturated heterocycles. The standard InChI is InChI=1S/C26H30N2O3/c1-19(20-7-8-22-16-25(30-2)10-9-21(22)15-20)26(29)27-17-23-5-3-4-6-24(23)18-28-11-13-31-14-12-28/h3-10,15-16,19H,11-14,17-18H2,1-2H3,(H,27,29)/t19-/m1/s1. The van der Waals surface area contributed by atoms with Crippen molar-refractivity contribution in [3.8, 4) is 5.75 Å². The number of amides is 1. The molecule has 1 N–H and O–H groups in total. The summed E-state index contributed by atoms with van der Waals surface area (Å²) in [6.07, 6.45) is 0. The van der Waals surface area contributed by atoms with E-state index in [9.17, 15) is 4.79 Å². The average Bonchev–Trinajstić information content (AvgIpc) is 2.82. The molecule has 1 aliphatic rings. The zero-order chi connectivity index (χ0) is 21.6. The summed E-state index contributed by atoms with van der Waals surface area (Å²) in [5, 5.41) is 5.35. The van der Waals surface area contributed by atoms with Gasteiger partial charge in [-0.25, -0.2) is 0 Å². The molecule has 0 spiro atoms. The molecule has 0 saturated carbocycles. The van der Waals surface area contributed by atoms with Gasteiger partial charge in [0.2, 0.25) is 5.91 Å². The first-order valence-corrected chi connectivity index (χ1v) is 10.9. The predicted octanol–water partition coefficient (Wildman–Crippen LogP) is 4.10. The van der Waals surface area contributed by atoms with Crippen LogP contribution in [0.3, 0.4) is 0 Å². The molecule has 1 amide bonds.